The van der Waals surface area contributed by atoms with Crippen LogP contribution >= 0.6 is 0 Å². The summed E-state index contributed by atoms with van der Waals surface area (Å²) in [5.41, 5.74) is 3.02. The Bertz CT molecular complexity index is 1030. The summed E-state index contributed by atoms with van der Waals surface area (Å²) < 4.78 is 11.7. The van der Waals surface area contributed by atoms with Crippen molar-refractivity contribution in [1.82, 2.24) is 0 Å². The molecule has 1 N–H and O–H groups in total. The van der Waals surface area contributed by atoms with Gasteiger partial charge >= 0.3 is 198 Å². The number of fused-ring (bicyclic) bond motifs is 1. The fourth-order valence-corrected chi connectivity index (χ4v) is 20.8. The van der Waals surface area contributed by atoms with Crippen molar-refractivity contribution in [2.24, 2.45) is 0 Å². The third kappa shape index (κ3) is 5.78. The number of rotatable bonds is 12. The second-order valence-corrected chi connectivity index (χ2v) is 22.4. The summed E-state index contributed by atoms with van der Waals surface area (Å²) >= 11 is -2.53. The molecule has 0 saturated heterocycles. The molecule has 32 heavy (non-hydrogen) atoms. The Kier molecular flexibility index (Phi) is 9.27. The van der Waals surface area contributed by atoms with Gasteiger partial charge in [-0.1, -0.05) is 0 Å². The average molecular weight is 540 g/mol. The van der Waals surface area contributed by atoms with Crippen LogP contribution in [0.2, 0.25) is 13.3 Å². The van der Waals surface area contributed by atoms with E-state index in [1.54, 1.807) is 3.58 Å². The third-order valence-electron chi connectivity index (χ3n) is 6.86. The van der Waals surface area contributed by atoms with Crippen molar-refractivity contribution >= 4 is 38.6 Å². The van der Waals surface area contributed by atoms with E-state index in [4.69, 9.17) is 4.42 Å². The molecule has 0 aliphatic rings. The average Bonchev–Trinajstić information content (AvgIpc) is 2.83. The first-order chi connectivity index (χ1) is 15.6. The summed E-state index contributed by atoms with van der Waals surface area (Å²) in [5, 5.41) is 4.20. The van der Waals surface area contributed by atoms with Gasteiger partial charge in [0, 0.05) is 0 Å². The Hall–Kier alpha value is -1.75. The van der Waals surface area contributed by atoms with Gasteiger partial charge in [-0.3, -0.25) is 0 Å². The summed E-state index contributed by atoms with van der Waals surface area (Å²) in [6.07, 6.45) is 7.84. The van der Waals surface area contributed by atoms with Crippen LogP contribution in [-0.4, -0.2) is 25.4 Å². The minimum atomic E-state index is -2.53. The standard InChI is InChI=1S/C16H12NO2.3C4H9.Sn/c1-17-13-8-6-11(7-9-13)14-10-12-4-2-3-5-15(12)19-16(14)18;3*1-3-4-2;/h3-10,17H,1H3;3*1,3-4H2,2H3;. The van der Waals surface area contributed by atoms with E-state index >= 15 is 0 Å². The molecule has 1 aromatic heterocycles. The van der Waals surface area contributed by atoms with Gasteiger partial charge in [-0.15, -0.1) is 0 Å². The predicted molar refractivity (Wildman–Crippen MR) is 142 cm³/mol. The molecular weight excluding hydrogens is 501 g/mol. The van der Waals surface area contributed by atoms with Crippen LogP contribution in [0.3, 0.4) is 0 Å². The van der Waals surface area contributed by atoms with Gasteiger partial charge in [-0.2, -0.15) is 0 Å². The van der Waals surface area contributed by atoms with E-state index in [1.165, 1.54) is 51.8 Å². The van der Waals surface area contributed by atoms with Gasteiger partial charge in [0.25, 0.3) is 0 Å². The molecule has 0 aliphatic heterocycles. The molecule has 3 nitrogen and oxygen atoms in total. The van der Waals surface area contributed by atoms with Crippen molar-refractivity contribution < 1.29 is 4.42 Å². The van der Waals surface area contributed by atoms with Gasteiger partial charge in [0.1, 0.15) is 0 Å². The van der Waals surface area contributed by atoms with Crippen LogP contribution in [0, 0.1) is 0 Å². The quantitative estimate of drug-likeness (QED) is 0.191. The summed E-state index contributed by atoms with van der Waals surface area (Å²) in [5.74, 6) is 0. The first kappa shape index (κ1) is 24.9. The summed E-state index contributed by atoms with van der Waals surface area (Å²) in [4.78, 5) is 12.7. The fourth-order valence-electron chi connectivity index (χ4n) is 4.82. The van der Waals surface area contributed by atoms with E-state index in [9.17, 15) is 4.79 Å². The molecule has 0 unspecified atom stereocenters. The maximum absolute atomic E-state index is 12.7. The zero-order chi connectivity index (χ0) is 23.0. The summed E-state index contributed by atoms with van der Waals surface area (Å²) in [6.45, 7) is 6.95. The molecule has 0 amide bonds. The number of nitrogens with one attached hydrogen (secondary N) is 1. The first-order valence-electron chi connectivity index (χ1n) is 12.4. The minimum absolute atomic E-state index is 0.264. The summed E-state index contributed by atoms with van der Waals surface area (Å²) in [6, 6.07) is 16.8. The molecule has 0 aliphatic carbocycles. The molecule has 3 aromatic rings. The van der Waals surface area contributed by atoms with Crippen molar-refractivity contribution in [2.75, 3.05) is 12.4 Å². The van der Waals surface area contributed by atoms with Gasteiger partial charge in [0.05, 0.1) is 0 Å². The molecule has 172 valence electrons. The number of unbranched alkanes of at least 4 members (excludes halogenated alkanes) is 3. The van der Waals surface area contributed by atoms with Gasteiger partial charge in [-0.05, 0) is 0 Å². The molecule has 0 saturated carbocycles. The third-order valence-corrected chi connectivity index (χ3v) is 22.5. The zero-order valence-electron chi connectivity index (χ0n) is 20.3. The van der Waals surface area contributed by atoms with E-state index in [0.717, 1.165) is 16.6 Å². The molecule has 4 heteroatoms. The van der Waals surface area contributed by atoms with Crippen LogP contribution in [0.5, 0.6) is 0 Å². The van der Waals surface area contributed by atoms with Gasteiger partial charge < -0.3 is 0 Å². The SMILES string of the molecule is CCC[CH2][Sn]([CH2]CCC)([CH2]CCC)[c]1ccc2oc(=O)c(-c3ccc(NC)cc3)cc2c1. The van der Waals surface area contributed by atoms with Crippen LogP contribution < -0.4 is 14.5 Å². The maximum atomic E-state index is 12.7. The Morgan fingerprint density at radius 2 is 1.41 bits per heavy atom. The number of anilines is 1. The topological polar surface area (TPSA) is 42.2 Å². The number of benzene rings is 2. The van der Waals surface area contributed by atoms with Gasteiger partial charge in [0.2, 0.25) is 0 Å². The Balaban J connectivity index is 2.09. The van der Waals surface area contributed by atoms with Crippen molar-refractivity contribution in [3.8, 4) is 11.1 Å². The monoisotopic (exact) mass is 541 g/mol. The molecule has 1 heterocycles. The Labute approximate surface area is 197 Å². The van der Waals surface area contributed by atoms with E-state index in [-0.39, 0.29) is 5.63 Å². The van der Waals surface area contributed by atoms with E-state index < -0.39 is 18.4 Å². The van der Waals surface area contributed by atoms with E-state index in [1.807, 2.05) is 31.3 Å². The van der Waals surface area contributed by atoms with Crippen molar-refractivity contribution in [3.63, 3.8) is 0 Å². The Morgan fingerprint density at radius 3 is 1.94 bits per heavy atom. The second kappa shape index (κ2) is 11.9. The second-order valence-electron chi connectivity index (χ2n) is 9.12. The summed E-state index contributed by atoms with van der Waals surface area (Å²) in [7, 11) is 1.90. The van der Waals surface area contributed by atoms with Gasteiger partial charge in [0.15, 0.2) is 0 Å². The van der Waals surface area contributed by atoms with Crippen molar-refractivity contribution in [1.29, 1.82) is 0 Å². The molecule has 0 spiro atoms. The Morgan fingerprint density at radius 1 is 0.812 bits per heavy atom. The fraction of sp³-hybridized carbons (Fsp3) is 0.464. The normalized spacial score (nSPS) is 11.8. The van der Waals surface area contributed by atoms with Crippen LogP contribution in [0.1, 0.15) is 59.3 Å². The van der Waals surface area contributed by atoms with Gasteiger partial charge in [-0.25, -0.2) is 0 Å². The first-order valence-corrected chi connectivity index (χ1v) is 19.9. The molecular formula is C28H39NO2Sn. The molecule has 0 fully saturated rings. The number of hydrogen-bond acceptors (Lipinski definition) is 3. The zero-order valence-corrected chi connectivity index (χ0v) is 23.2. The molecule has 0 bridgehead atoms. The van der Waals surface area contributed by atoms with Crippen molar-refractivity contribution in [2.45, 2.75) is 72.6 Å². The predicted octanol–water partition coefficient (Wildman–Crippen LogP) is 7.56. The van der Waals surface area contributed by atoms with E-state index in [0.29, 0.717) is 11.1 Å². The van der Waals surface area contributed by atoms with Crippen molar-refractivity contribution in [3.05, 3.63) is 59.0 Å². The number of hydrogen-bond donors (Lipinski definition) is 1. The van der Waals surface area contributed by atoms with Crippen LogP contribution in [0.25, 0.3) is 22.1 Å². The molecule has 0 atom stereocenters. The van der Waals surface area contributed by atoms with Crippen LogP contribution in [0.15, 0.2) is 57.7 Å². The van der Waals surface area contributed by atoms with Crippen LogP contribution in [-0.2, 0) is 0 Å². The van der Waals surface area contributed by atoms with Crippen LogP contribution in [0.4, 0.5) is 5.69 Å². The molecule has 3 rings (SSSR count). The molecule has 0 radical (unpaired) electrons. The van der Waals surface area contributed by atoms with E-state index in [2.05, 4.69) is 50.4 Å². The molecule has 2 aromatic carbocycles.